The number of aryl methyl sites for hydroxylation is 1. The van der Waals surface area contributed by atoms with E-state index in [1.54, 1.807) is 18.1 Å². The number of nitrogens with one attached hydrogen (secondary N) is 1. The first kappa shape index (κ1) is 36.0. The molecular weight excluding hydrogens is 695 g/mol. The molecule has 0 spiro atoms. The molecule has 2 fully saturated rings. The number of likely N-dealkylation sites (tertiary alicyclic amines) is 1. The minimum atomic E-state index is -0.994. The highest BCUT2D eigenvalue weighted by Crippen LogP contribution is 2.40. The maximum Gasteiger partial charge on any atom is 0.408 e. The number of aromatic nitrogens is 3. The molecule has 1 aromatic heterocycles. The van der Waals surface area contributed by atoms with Crippen LogP contribution in [0.2, 0.25) is 0 Å². The van der Waals surface area contributed by atoms with Gasteiger partial charge in [-0.1, -0.05) is 115 Å². The number of amides is 3. The summed E-state index contributed by atoms with van der Waals surface area (Å²) in [6, 6.07) is 31.5. The lowest BCUT2D eigenvalue weighted by molar-refractivity contribution is -0.245. The third-order valence-electron chi connectivity index (χ3n) is 9.27. The van der Waals surface area contributed by atoms with Crippen LogP contribution in [-0.2, 0) is 50.6 Å². The van der Waals surface area contributed by atoms with Crippen LogP contribution in [0.5, 0.6) is 0 Å². The Bertz CT molecular complexity index is 2040. The second-order valence-corrected chi connectivity index (χ2v) is 13.9. The van der Waals surface area contributed by atoms with E-state index in [0.29, 0.717) is 12.2 Å². The zero-order chi connectivity index (χ0) is 36.7. The molecule has 0 aliphatic carbocycles. The van der Waals surface area contributed by atoms with E-state index in [9.17, 15) is 19.5 Å². The molecule has 1 unspecified atom stereocenters. The van der Waals surface area contributed by atoms with Crippen LogP contribution in [0.15, 0.2) is 115 Å². The molecule has 13 heteroatoms. The lowest BCUT2D eigenvalue weighted by atomic mass is 9.97. The van der Waals surface area contributed by atoms with E-state index in [2.05, 4.69) is 15.5 Å². The van der Waals surface area contributed by atoms with Gasteiger partial charge in [0.05, 0.1) is 31.8 Å². The molecule has 7 rings (SSSR count). The van der Waals surface area contributed by atoms with E-state index in [1.165, 1.54) is 4.90 Å². The van der Waals surface area contributed by atoms with Gasteiger partial charge < -0.3 is 29.2 Å². The minimum Gasteiger partial charge on any atom is -0.445 e. The Hall–Kier alpha value is -5.34. The van der Waals surface area contributed by atoms with Crippen molar-refractivity contribution in [2.75, 3.05) is 5.75 Å². The van der Waals surface area contributed by atoms with Crippen molar-refractivity contribution in [2.45, 2.75) is 62.3 Å². The predicted molar refractivity (Wildman–Crippen MR) is 196 cm³/mol. The fourth-order valence-corrected chi connectivity index (χ4v) is 7.30. The normalized spacial score (nSPS) is 20.1. The van der Waals surface area contributed by atoms with Gasteiger partial charge in [0.15, 0.2) is 11.4 Å². The number of carbonyl (C=O) groups excluding carboxylic acids is 3. The lowest BCUT2D eigenvalue weighted by Gasteiger charge is -2.36. The van der Waals surface area contributed by atoms with Gasteiger partial charge in [0.25, 0.3) is 5.91 Å². The smallest absolute Gasteiger partial charge is 0.408 e. The zero-order valence-electron chi connectivity index (χ0n) is 29.0. The quantitative estimate of drug-likeness (QED) is 0.118. The van der Waals surface area contributed by atoms with Crippen LogP contribution in [0.25, 0.3) is 11.1 Å². The van der Waals surface area contributed by atoms with Gasteiger partial charge in [-0.2, -0.15) is 0 Å². The van der Waals surface area contributed by atoms with Gasteiger partial charge in [0.2, 0.25) is 5.91 Å². The van der Waals surface area contributed by atoms with E-state index < -0.39 is 24.3 Å². The number of imide groups is 1. The monoisotopic (exact) mass is 733 g/mol. The number of hydrogen-bond acceptors (Lipinski definition) is 10. The van der Waals surface area contributed by atoms with Gasteiger partial charge in [-0.3, -0.25) is 14.5 Å². The molecule has 4 aromatic carbocycles. The molecule has 272 valence electrons. The highest BCUT2D eigenvalue weighted by molar-refractivity contribution is 7.99. The van der Waals surface area contributed by atoms with E-state index in [0.717, 1.165) is 44.1 Å². The minimum absolute atomic E-state index is 0.0294. The SMILES string of the molecule is Cn1cnnc1SC[C@H]1C[C@@H](c2ccc(CO)cc2)O[C@@H](c2ccc(-c3ccccc3CN3C(=O)CC(NC(=O)OCc4ccccc4)C3=O)cc2)O1. The third-order valence-corrected chi connectivity index (χ3v) is 10.4. The van der Waals surface area contributed by atoms with Crippen molar-refractivity contribution in [2.24, 2.45) is 7.05 Å². The number of aliphatic hydroxyl groups excluding tert-OH is 1. The van der Waals surface area contributed by atoms with Crippen LogP contribution in [0.3, 0.4) is 0 Å². The largest absolute Gasteiger partial charge is 0.445 e. The molecule has 0 saturated carbocycles. The number of hydrogen-bond donors (Lipinski definition) is 2. The van der Waals surface area contributed by atoms with E-state index in [4.69, 9.17) is 14.2 Å². The van der Waals surface area contributed by atoms with Gasteiger partial charge in [-0.05, 0) is 33.4 Å². The Kier molecular flexibility index (Phi) is 11.3. The van der Waals surface area contributed by atoms with Gasteiger partial charge >= 0.3 is 6.09 Å². The van der Waals surface area contributed by atoms with Crippen molar-refractivity contribution < 1.29 is 33.7 Å². The molecule has 4 atom stereocenters. The second-order valence-electron chi connectivity index (χ2n) is 12.9. The van der Waals surface area contributed by atoms with Gasteiger partial charge in [0, 0.05) is 24.8 Å². The average molecular weight is 734 g/mol. The summed E-state index contributed by atoms with van der Waals surface area (Å²) in [5.41, 5.74) is 6.03. The standard InChI is InChI=1S/C40H39N5O7S/c1-44-25-41-43-39(44)53-24-32-19-35(29-13-11-26(22-46)12-14-29)52-38(51-32)30-17-15-28(16-18-30)33-10-6-5-9-31(33)21-45-36(47)20-34(37(45)48)42-40(49)50-23-27-7-3-2-4-8-27/h2-18,25,32,34-35,38,46H,19-24H2,1H3,(H,42,49)/t32-,34?,35+,38+/m1/s1. The van der Waals surface area contributed by atoms with Crippen molar-refractivity contribution in [1.29, 1.82) is 0 Å². The first-order valence-corrected chi connectivity index (χ1v) is 18.3. The number of aliphatic hydroxyl groups is 1. The number of rotatable bonds is 12. The van der Waals surface area contributed by atoms with Crippen LogP contribution in [0, 0.1) is 0 Å². The number of ether oxygens (including phenoxy) is 3. The fraction of sp³-hybridized carbons (Fsp3) is 0.275. The summed E-state index contributed by atoms with van der Waals surface area (Å²) in [7, 11) is 1.91. The Morgan fingerprint density at radius 3 is 2.40 bits per heavy atom. The maximum atomic E-state index is 13.3. The Morgan fingerprint density at radius 2 is 1.66 bits per heavy atom. The third kappa shape index (κ3) is 8.66. The molecule has 2 N–H and O–H groups in total. The van der Waals surface area contributed by atoms with E-state index in [-0.39, 0.29) is 44.3 Å². The summed E-state index contributed by atoms with van der Waals surface area (Å²) in [6.07, 6.45) is 0.415. The van der Waals surface area contributed by atoms with Crippen LogP contribution in [-0.4, -0.2) is 60.6 Å². The molecule has 3 heterocycles. The molecule has 53 heavy (non-hydrogen) atoms. The topological polar surface area (TPSA) is 145 Å². The fourth-order valence-electron chi connectivity index (χ4n) is 6.39. The van der Waals surface area contributed by atoms with Crippen LogP contribution < -0.4 is 5.32 Å². The molecule has 0 radical (unpaired) electrons. The van der Waals surface area contributed by atoms with Crippen molar-refractivity contribution in [3.05, 3.63) is 137 Å². The summed E-state index contributed by atoms with van der Waals surface area (Å²) in [4.78, 5) is 39.9. The molecule has 3 amide bonds. The van der Waals surface area contributed by atoms with Crippen LogP contribution in [0.1, 0.15) is 53.1 Å². The number of alkyl carbamates (subject to hydrolysis) is 1. The summed E-state index contributed by atoms with van der Waals surface area (Å²) < 4.78 is 20.2. The number of carbonyl (C=O) groups is 3. The van der Waals surface area contributed by atoms with Crippen molar-refractivity contribution in [1.82, 2.24) is 25.0 Å². The van der Waals surface area contributed by atoms with Crippen LogP contribution >= 0.6 is 11.8 Å². The van der Waals surface area contributed by atoms with E-state index in [1.807, 2.05) is 115 Å². The van der Waals surface area contributed by atoms with Gasteiger partial charge in [-0.15, -0.1) is 10.2 Å². The zero-order valence-corrected chi connectivity index (χ0v) is 29.9. The van der Waals surface area contributed by atoms with Gasteiger partial charge in [-0.25, -0.2) is 4.79 Å². The summed E-state index contributed by atoms with van der Waals surface area (Å²) in [6.45, 7) is 0.0846. The average Bonchev–Trinajstić information content (AvgIpc) is 3.73. The highest BCUT2D eigenvalue weighted by atomic mass is 32.2. The summed E-state index contributed by atoms with van der Waals surface area (Å²) in [5.74, 6) is -0.189. The highest BCUT2D eigenvalue weighted by Gasteiger charge is 2.40. The first-order valence-electron chi connectivity index (χ1n) is 17.3. The molecular formula is C40H39N5O7S. The maximum absolute atomic E-state index is 13.3. The van der Waals surface area contributed by atoms with E-state index >= 15 is 0 Å². The molecule has 0 bridgehead atoms. The predicted octanol–water partition coefficient (Wildman–Crippen LogP) is 5.87. The number of thioether (sulfide) groups is 1. The summed E-state index contributed by atoms with van der Waals surface area (Å²) in [5, 5.41) is 21.1. The Morgan fingerprint density at radius 1 is 0.925 bits per heavy atom. The van der Waals surface area contributed by atoms with Crippen molar-refractivity contribution in [3.63, 3.8) is 0 Å². The Labute approximate surface area is 311 Å². The summed E-state index contributed by atoms with van der Waals surface area (Å²) >= 11 is 1.58. The number of nitrogens with zero attached hydrogens (tertiary/aromatic N) is 4. The molecule has 2 aliphatic heterocycles. The van der Waals surface area contributed by atoms with Crippen molar-refractivity contribution in [3.8, 4) is 11.1 Å². The molecule has 2 aliphatic rings. The van der Waals surface area contributed by atoms with Crippen LogP contribution in [0.4, 0.5) is 4.79 Å². The molecule has 5 aromatic rings. The lowest BCUT2D eigenvalue weighted by Crippen LogP contribution is -2.41. The first-order chi connectivity index (χ1) is 25.8. The van der Waals surface area contributed by atoms with Crippen molar-refractivity contribution >= 4 is 29.7 Å². The van der Waals surface area contributed by atoms with Gasteiger partial charge in [0.1, 0.15) is 19.0 Å². The molecule has 2 saturated heterocycles. The number of benzene rings is 4. The second kappa shape index (κ2) is 16.6. The molecule has 12 nitrogen and oxygen atoms in total. The Balaban J connectivity index is 1.03.